The Morgan fingerprint density at radius 2 is 1.71 bits per heavy atom. The Morgan fingerprint density at radius 3 is 2.10 bits per heavy atom. The molecule has 1 aliphatic rings. The molecule has 1 rings (SSSR count). The van der Waals surface area contributed by atoms with Crippen LogP contribution in [0.3, 0.4) is 0 Å². The second-order valence-electron chi connectivity index (χ2n) is 6.39. The first-order chi connectivity index (χ1) is 9.60. The van der Waals surface area contributed by atoms with Crippen molar-refractivity contribution in [3.8, 4) is 0 Å². The molecule has 2 unspecified atom stereocenters. The van der Waals surface area contributed by atoms with Crippen LogP contribution in [0.1, 0.15) is 40.5 Å². The van der Waals surface area contributed by atoms with Crippen LogP contribution in [-0.4, -0.2) is 27.0 Å². The fourth-order valence-corrected chi connectivity index (χ4v) is 3.07. The Morgan fingerprint density at radius 1 is 1.19 bits per heavy atom. The van der Waals surface area contributed by atoms with E-state index in [0.717, 1.165) is 5.57 Å². The Kier molecular flexibility index (Phi) is 5.62. The summed E-state index contributed by atoms with van der Waals surface area (Å²) in [6, 6.07) is 0. The third kappa shape index (κ3) is 3.67. The van der Waals surface area contributed by atoms with E-state index in [4.69, 9.17) is 11.6 Å². The van der Waals surface area contributed by atoms with Crippen LogP contribution in [0, 0.1) is 17.8 Å². The molecule has 0 bridgehead atoms. The second-order valence-corrected chi connectivity index (χ2v) is 6.99. The Labute approximate surface area is 130 Å². The summed E-state index contributed by atoms with van der Waals surface area (Å²) in [4.78, 5) is 21.3. The zero-order chi connectivity index (χ0) is 16.4. The van der Waals surface area contributed by atoms with Gasteiger partial charge in [0.05, 0.1) is 0 Å². The second kappa shape index (κ2) is 6.65. The molecule has 21 heavy (non-hydrogen) atoms. The van der Waals surface area contributed by atoms with Crippen molar-refractivity contribution in [2.45, 2.75) is 45.4 Å². The molecule has 4 nitrogen and oxygen atoms in total. The highest BCUT2D eigenvalue weighted by atomic mass is 35.5. The van der Waals surface area contributed by atoms with E-state index in [1.807, 2.05) is 27.7 Å². The van der Waals surface area contributed by atoms with Crippen LogP contribution >= 0.6 is 11.6 Å². The standard InChI is InChI=1S/C16H23ClO4/c1-9(2)7-11-5-6-12(14(18)19)16(17,15(20)21)13(11)8-10(3)4/h5-6,9-10,12H,7-8H2,1-4H3,(H,18,19)(H,20,21). The number of aliphatic carboxylic acids is 2. The number of carboxylic acid groups (broad SMARTS) is 2. The van der Waals surface area contributed by atoms with Crippen LogP contribution in [0.2, 0.25) is 0 Å². The van der Waals surface area contributed by atoms with E-state index < -0.39 is 22.7 Å². The molecule has 0 amide bonds. The maximum atomic E-state index is 11.8. The quantitative estimate of drug-likeness (QED) is 0.733. The fourth-order valence-electron chi connectivity index (χ4n) is 2.70. The van der Waals surface area contributed by atoms with Gasteiger partial charge in [-0.1, -0.05) is 39.8 Å². The van der Waals surface area contributed by atoms with Gasteiger partial charge in [0.2, 0.25) is 0 Å². The Bertz CT molecular complexity index is 491. The van der Waals surface area contributed by atoms with Gasteiger partial charge in [0.15, 0.2) is 4.87 Å². The molecular formula is C16H23ClO4. The minimum Gasteiger partial charge on any atom is -0.481 e. The first kappa shape index (κ1) is 17.8. The number of hydrogen-bond donors (Lipinski definition) is 2. The van der Waals surface area contributed by atoms with Crippen LogP contribution in [0.5, 0.6) is 0 Å². The molecule has 5 heteroatoms. The summed E-state index contributed by atoms with van der Waals surface area (Å²) in [6.45, 7) is 8.00. The number of halogens is 1. The molecule has 0 aliphatic heterocycles. The van der Waals surface area contributed by atoms with Gasteiger partial charge in [0.25, 0.3) is 0 Å². The minimum absolute atomic E-state index is 0.195. The van der Waals surface area contributed by atoms with E-state index in [-0.39, 0.29) is 5.92 Å². The van der Waals surface area contributed by atoms with E-state index >= 15 is 0 Å². The number of hydrogen-bond acceptors (Lipinski definition) is 2. The summed E-state index contributed by atoms with van der Waals surface area (Å²) in [6.07, 6.45) is 4.31. The average molecular weight is 315 g/mol. The van der Waals surface area contributed by atoms with E-state index in [2.05, 4.69) is 0 Å². The summed E-state index contributed by atoms with van der Waals surface area (Å²) >= 11 is 6.37. The smallest absolute Gasteiger partial charge is 0.330 e. The van der Waals surface area contributed by atoms with Gasteiger partial charge in [-0.05, 0) is 35.8 Å². The van der Waals surface area contributed by atoms with Crippen molar-refractivity contribution in [3.63, 3.8) is 0 Å². The number of carboxylic acids is 2. The van der Waals surface area contributed by atoms with Crippen LogP contribution in [0.4, 0.5) is 0 Å². The Hall–Kier alpha value is -1.29. The zero-order valence-electron chi connectivity index (χ0n) is 12.9. The van der Waals surface area contributed by atoms with Gasteiger partial charge in [0.1, 0.15) is 5.92 Å². The average Bonchev–Trinajstić information content (AvgIpc) is 2.32. The molecule has 1 aliphatic carbocycles. The van der Waals surface area contributed by atoms with Crippen molar-refractivity contribution >= 4 is 23.5 Å². The van der Waals surface area contributed by atoms with Crippen molar-refractivity contribution in [2.24, 2.45) is 17.8 Å². The minimum atomic E-state index is -1.89. The van der Waals surface area contributed by atoms with Crippen LogP contribution in [0.15, 0.2) is 23.3 Å². The number of rotatable bonds is 6. The normalized spacial score (nSPS) is 25.8. The molecule has 2 atom stereocenters. The lowest BCUT2D eigenvalue weighted by molar-refractivity contribution is -0.149. The summed E-state index contributed by atoms with van der Waals surface area (Å²) in [5, 5.41) is 18.9. The van der Waals surface area contributed by atoms with E-state index in [1.165, 1.54) is 6.08 Å². The van der Waals surface area contributed by atoms with Gasteiger partial charge >= 0.3 is 11.9 Å². The van der Waals surface area contributed by atoms with E-state index in [0.29, 0.717) is 24.3 Å². The van der Waals surface area contributed by atoms with Gasteiger partial charge < -0.3 is 10.2 Å². The molecule has 0 aromatic rings. The topological polar surface area (TPSA) is 74.6 Å². The third-order valence-electron chi connectivity index (χ3n) is 3.56. The highest BCUT2D eigenvalue weighted by molar-refractivity contribution is 6.38. The molecule has 118 valence electrons. The third-order valence-corrected chi connectivity index (χ3v) is 4.19. The molecule has 0 aromatic carbocycles. The summed E-state index contributed by atoms with van der Waals surface area (Å²) in [5.41, 5.74) is 1.39. The largest absolute Gasteiger partial charge is 0.481 e. The molecule has 0 aromatic heterocycles. The van der Waals surface area contributed by atoms with Gasteiger partial charge in [-0.25, -0.2) is 4.79 Å². The first-order valence-corrected chi connectivity index (χ1v) is 7.54. The fraction of sp³-hybridized carbons (Fsp3) is 0.625. The summed E-state index contributed by atoms with van der Waals surface area (Å²) in [5.74, 6) is -3.23. The SMILES string of the molecule is CC(C)CC1=C(CC(C)C)C(Cl)(C(=O)O)C(C(=O)O)C=C1. The maximum Gasteiger partial charge on any atom is 0.330 e. The number of carbonyl (C=O) groups is 2. The van der Waals surface area contributed by atoms with Crippen molar-refractivity contribution in [1.82, 2.24) is 0 Å². The maximum absolute atomic E-state index is 11.8. The number of alkyl halides is 1. The summed E-state index contributed by atoms with van der Waals surface area (Å²) < 4.78 is 0. The summed E-state index contributed by atoms with van der Waals surface area (Å²) in [7, 11) is 0. The molecular weight excluding hydrogens is 292 g/mol. The molecule has 0 spiro atoms. The predicted octanol–water partition coefficient (Wildman–Crippen LogP) is 3.71. The lowest BCUT2D eigenvalue weighted by atomic mass is 9.74. The first-order valence-electron chi connectivity index (χ1n) is 7.16. The highest BCUT2D eigenvalue weighted by Gasteiger charge is 2.52. The van der Waals surface area contributed by atoms with Crippen molar-refractivity contribution in [3.05, 3.63) is 23.3 Å². The van der Waals surface area contributed by atoms with Gasteiger partial charge in [0, 0.05) is 0 Å². The van der Waals surface area contributed by atoms with Crippen LogP contribution in [-0.2, 0) is 9.59 Å². The molecule has 0 heterocycles. The lowest BCUT2D eigenvalue weighted by Crippen LogP contribution is -2.47. The van der Waals surface area contributed by atoms with Crippen molar-refractivity contribution < 1.29 is 19.8 Å². The predicted molar refractivity (Wildman–Crippen MR) is 82.4 cm³/mol. The van der Waals surface area contributed by atoms with Crippen molar-refractivity contribution in [2.75, 3.05) is 0 Å². The van der Waals surface area contributed by atoms with E-state index in [9.17, 15) is 19.8 Å². The molecule has 0 fully saturated rings. The number of allylic oxidation sites excluding steroid dienone is 2. The van der Waals surface area contributed by atoms with Crippen molar-refractivity contribution in [1.29, 1.82) is 0 Å². The Balaban J connectivity index is 3.45. The highest BCUT2D eigenvalue weighted by Crippen LogP contribution is 2.44. The zero-order valence-corrected chi connectivity index (χ0v) is 13.6. The van der Waals surface area contributed by atoms with Gasteiger partial charge in [-0.15, -0.1) is 11.6 Å². The van der Waals surface area contributed by atoms with Gasteiger partial charge in [-0.3, -0.25) is 4.79 Å². The molecule has 0 radical (unpaired) electrons. The monoisotopic (exact) mass is 314 g/mol. The molecule has 0 saturated heterocycles. The van der Waals surface area contributed by atoms with Gasteiger partial charge in [-0.2, -0.15) is 0 Å². The molecule has 2 N–H and O–H groups in total. The lowest BCUT2D eigenvalue weighted by Gasteiger charge is -2.35. The van der Waals surface area contributed by atoms with Crippen LogP contribution < -0.4 is 0 Å². The van der Waals surface area contributed by atoms with E-state index in [1.54, 1.807) is 6.08 Å². The molecule has 0 saturated carbocycles. The van der Waals surface area contributed by atoms with Crippen LogP contribution in [0.25, 0.3) is 0 Å².